The number of aryl methyl sites for hydroxylation is 2. The van der Waals surface area contributed by atoms with E-state index in [0.717, 1.165) is 32.7 Å². The van der Waals surface area contributed by atoms with Gasteiger partial charge in [0.05, 0.1) is 12.5 Å². The van der Waals surface area contributed by atoms with Crippen molar-refractivity contribution in [2.45, 2.75) is 63.9 Å². The molecule has 0 aliphatic carbocycles. The van der Waals surface area contributed by atoms with Crippen molar-refractivity contribution in [1.82, 2.24) is 30.2 Å². The minimum absolute atomic E-state index is 0. The van der Waals surface area contributed by atoms with Crippen LogP contribution < -0.4 is 39.6 Å². The number of hydrogen-bond donors (Lipinski definition) is 3. The third-order valence-corrected chi connectivity index (χ3v) is 7.70. The number of tetrazole rings is 1. The predicted molar refractivity (Wildman–Crippen MR) is 147 cm³/mol. The SMILES string of the molecule is Cc1nc(C)c2c(n1)N(Cc1ccc(-c3ccccc3-c3nnn(C4OC(C(=O)[O-])C(O)C(O)C4O)n3)cc1)C(=O)CC2.[Na+]. The number of carboxylic acids is 1. The summed E-state index contributed by atoms with van der Waals surface area (Å²) in [6.45, 7) is 4.10. The van der Waals surface area contributed by atoms with Crippen molar-refractivity contribution >= 4 is 17.7 Å². The Bertz CT molecular complexity index is 1700. The van der Waals surface area contributed by atoms with Crippen LogP contribution in [0.3, 0.4) is 0 Å². The number of ether oxygens (including phenoxy) is 1. The molecule has 3 N–H and O–H groups in total. The van der Waals surface area contributed by atoms with Crippen molar-refractivity contribution in [1.29, 1.82) is 0 Å². The molecule has 4 aromatic rings. The first-order valence-electron chi connectivity index (χ1n) is 13.7. The van der Waals surface area contributed by atoms with Crippen LogP contribution in [-0.2, 0) is 27.3 Å². The van der Waals surface area contributed by atoms with Crippen LogP contribution in [0.25, 0.3) is 22.5 Å². The fourth-order valence-electron chi connectivity index (χ4n) is 5.47. The summed E-state index contributed by atoms with van der Waals surface area (Å²) < 4.78 is 5.25. The number of hydrogen-bond acceptors (Lipinski definition) is 12. The van der Waals surface area contributed by atoms with E-state index >= 15 is 0 Å². The quantitative estimate of drug-likeness (QED) is 0.184. The molecule has 2 aliphatic heterocycles. The van der Waals surface area contributed by atoms with E-state index in [0.29, 0.717) is 36.6 Å². The Morgan fingerprint density at radius 1 is 0.977 bits per heavy atom. The van der Waals surface area contributed by atoms with Gasteiger partial charge < -0.3 is 30.0 Å². The molecule has 15 heteroatoms. The normalized spacial score (nSPS) is 23.2. The van der Waals surface area contributed by atoms with Crippen LogP contribution in [0, 0.1) is 13.8 Å². The molecule has 5 atom stereocenters. The Morgan fingerprint density at radius 2 is 1.68 bits per heavy atom. The zero-order chi connectivity index (χ0) is 30.4. The van der Waals surface area contributed by atoms with Crippen molar-refractivity contribution < 1.29 is 64.3 Å². The van der Waals surface area contributed by atoms with E-state index in [9.17, 15) is 30.0 Å². The second kappa shape index (κ2) is 12.8. The smallest absolute Gasteiger partial charge is 0.547 e. The summed E-state index contributed by atoms with van der Waals surface area (Å²) in [7, 11) is 0. The minimum atomic E-state index is -1.90. The molecular formula is C29H28N7NaO7. The summed E-state index contributed by atoms with van der Waals surface area (Å²) in [6.07, 6.45) is -7.88. The van der Waals surface area contributed by atoms with Crippen LogP contribution >= 0.6 is 0 Å². The van der Waals surface area contributed by atoms with E-state index in [1.165, 1.54) is 0 Å². The summed E-state index contributed by atoms with van der Waals surface area (Å²) in [5, 5.41) is 54.1. The Labute approximate surface area is 273 Å². The topological polar surface area (TPSA) is 200 Å². The van der Waals surface area contributed by atoms with Gasteiger partial charge in [-0.3, -0.25) is 9.69 Å². The molecule has 4 heterocycles. The van der Waals surface area contributed by atoms with Gasteiger partial charge in [0.1, 0.15) is 36.1 Å². The maximum absolute atomic E-state index is 12.9. The van der Waals surface area contributed by atoms with E-state index in [1.54, 1.807) is 17.0 Å². The minimum Gasteiger partial charge on any atom is -0.547 e. The van der Waals surface area contributed by atoms with Gasteiger partial charge in [0, 0.05) is 23.2 Å². The second-order valence-corrected chi connectivity index (χ2v) is 10.6. The van der Waals surface area contributed by atoms with Crippen LogP contribution in [0.2, 0.25) is 0 Å². The van der Waals surface area contributed by atoms with Gasteiger partial charge in [0.25, 0.3) is 0 Å². The molecule has 0 saturated carbocycles. The van der Waals surface area contributed by atoms with E-state index in [1.807, 2.05) is 50.2 Å². The Hall–Kier alpha value is -3.63. The third-order valence-electron chi connectivity index (χ3n) is 7.70. The fraction of sp³-hybridized carbons (Fsp3) is 0.345. The largest absolute Gasteiger partial charge is 1.00 e. The third kappa shape index (κ3) is 5.89. The van der Waals surface area contributed by atoms with Gasteiger partial charge in [0.15, 0.2) is 6.23 Å². The zero-order valence-electron chi connectivity index (χ0n) is 24.2. The number of aromatic nitrogens is 6. The van der Waals surface area contributed by atoms with Crippen molar-refractivity contribution in [3.8, 4) is 22.5 Å². The fourth-order valence-corrected chi connectivity index (χ4v) is 5.47. The van der Waals surface area contributed by atoms with E-state index in [-0.39, 0.29) is 41.3 Å². The predicted octanol–water partition coefficient (Wildman–Crippen LogP) is -3.37. The van der Waals surface area contributed by atoms with Crippen molar-refractivity contribution in [2.75, 3.05) is 4.90 Å². The zero-order valence-corrected chi connectivity index (χ0v) is 26.2. The number of carbonyl (C=O) groups excluding carboxylic acids is 2. The van der Waals surface area contributed by atoms with Gasteiger partial charge >= 0.3 is 29.6 Å². The molecule has 6 rings (SSSR count). The molecule has 2 aromatic carbocycles. The summed E-state index contributed by atoms with van der Waals surface area (Å²) in [5.41, 5.74) is 4.97. The molecule has 2 aliphatic rings. The van der Waals surface area contributed by atoms with E-state index in [2.05, 4.69) is 25.4 Å². The Morgan fingerprint density at radius 3 is 2.39 bits per heavy atom. The van der Waals surface area contributed by atoms with Gasteiger partial charge in [-0.1, -0.05) is 48.5 Å². The van der Waals surface area contributed by atoms with Crippen molar-refractivity contribution in [3.63, 3.8) is 0 Å². The maximum Gasteiger partial charge on any atom is 1.00 e. The first-order chi connectivity index (χ1) is 20.6. The second-order valence-electron chi connectivity index (χ2n) is 10.6. The van der Waals surface area contributed by atoms with Gasteiger partial charge in [-0.2, -0.15) is 0 Å². The number of aliphatic carboxylic acids is 1. The van der Waals surface area contributed by atoms with E-state index < -0.39 is 36.6 Å². The number of aliphatic hydroxyl groups excluding tert-OH is 3. The number of fused-ring (bicyclic) bond motifs is 1. The number of rotatable bonds is 6. The molecule has 5 unspecified atom stereocenters. The number of carboxylic acid groups (broad SMARTS) is 1. The van der Waals surface area contributed by atoms with E-state index in [4.69, 9.17) is 4.74 Å². The summed E-state index contributed by atoms with van der Waals surface area (Å²) >= 11 is 0. The summed E-state index contributed by atoms with van der Waals surface area (Å²) in [4.78, 5) is 35.8. The number of anilines is 1. The number of benzene rings is 2. The number of amides is 1. The van der Waals surface area contributed by atoms with Crippen LogP contribution in [0.5, 0.6) is 0 Å². The molecule has 0 bridgehead atoms. The molecular weight excluding hydrogens is 581 g/mol. The van der Waals surface area contributed by atoms with Gasteiger partial charge in [-0.25, -0.2) is 9.97 Å². The van der Waals surface area contributed by atoms with Crippen LogP contribution in [0.1, 0.15) is 35.3 Å². The number of carbonyl (C=O) groups is 2. The molecule has 0 radical (unpaired) electrons. The van der Waals surface area contributed by atoms with Crippen molar-refractivity contribution in [3.05, 3.63) is 71.2 Å². The van der Waals surface area contributed by atoms with Gasteiger partial charge in [-0.05, 0) is 42.2 Å². The number of aliphatic hydroxyl groups is 3. The van der Waals surface area contributed by atoms with Gasteiger partial charge in [0.2, 0.25) is 11.7 Å². The molecule has 1 fully saturated rings. The van der Waals surface area contributed by atoms with Crippen LogP contribution in [-0.4, -0.2) is 81.8 Å². The Balaban J connectivity index is 0.00000384. The molecule has 1 amide bonds. The molecule has 2 aromatic heterocycles. The van der Waals surface area contributed by atoms with Crippen LogP contribution in [0.4, 0.5) is 5.82 Å². The maximum atomic E-state index is 12.9. The molecule has 1 saturated heterocycles. The first kappa shape index (κ1) is 31.8. The number of nitrogens with zero attached hydrogens (tertiary/aromatic N) is 7. The molecule has 14 nitrogen and oxygen atoms in total. The summed E-state index contributed by atoms with van der Waals surface area (Å²) in [5.74, 6) is -0.323. The molecule has 44 heavy (non-hydrogen) atoms. The summed E-state index contributed by atoms with van der Waals surface area (Å²) in [6, 6.07) is 15.0. The standard InChI is InChI=1S/C29H29N7O7.Na/c1-14-18-11-12-21(37)35(27(18)31-15(2)30-14)13-16-7-9-17(10-8-16)19-5-3-4-6-20(19)26-32-34-36(33-26)28-24(40)22(38)23(39)25(43-28)29(41)42;/h3-10,22-25,28,38-40H,11-13H2,1-2H3,(H,41,42);/q;+1/p-1. The van der Waals surface area contributed by atoms with Crippen molar-refractivity contribution in [2.24, 2.45) is 0 Å². The Kier molecular flexibility index (Phi) is 9.23. The van der Waals surface area contributed by atoms with Gasteiger partial charge in [-0.15, -0.1) is 15.0 Å². The molecule has 222 valence electrons. The average Bonchev–Trinajstić information content (AvgIpc) is 3.47. The first-order valence-corrected chi connectivity index (χ1v) is 13.7. The van der Waals surface area contributed by atoms with Crippen LogP contribution in [0.15, 0.2) is 48.5 Å². The molecule has 0 spiro atoms. The average molecular weight is 610 g/mol. The monoisotopic (exact) mass is 609 g/mol.